The van der Waals surface area contributed by atoms with Gasteiger partial charge in [-0.05, 0) is 81.6 Å². The number of hydrogen-bond donors (Lipinski definition) is 0. The molecule has 0 bridgehead atoms. The first-order valence-corrected chi connectivity index (χ1v) is 13.6. The fourth-order valence-corrected chi connectivity index (χ4v) is 6.30. The van der Waals surface area contributed by atoms with Crippen LogP contribution in [0.4, 0.5) is 0 Å². The van der Waals surface area contributed by atoms with Crippen molar-refractivity contribution in [2.45, 2.75) is 115 Å². The molecule has 7 heteroatoms. The largest absolute Gasteiger partial charge is 0.496 e. The van der Waals surface area contributed by atoms with Crippen molar-refractivity contribution in [3.8, 4) is 5.75 Å². The molecule has 212 valence electrons. The molecule has 2 heterocycles. The molecular weight excluding hydrogens is 480 g/mol. The summed E-state index contributed by atoms with van der Waals surface area (Å²) >= 11 is 0. The van der Waals surface area contributed by atoms with E-state index in [2.05, 4.69) is 79.3 Å². The van der Waals surface area contributed by atoms with Crippen LogP contribution in [-0.4, -0.2) is 77.3 Å². The molecule has 3 rings (SSSR count). The maximum Gasteiger partial charge on any atom is 0.345 e. The molecule has 0 amide bonds. The Kier molecular flexibility index (Phi) is 8.45. The van der Waals surface area contributed by atoms with Gasteiger partial charge in [0.15, 0.2) is 0 Å². The number of rotatable bonds is 6. The number of carbonyl (C=O) groups is 2. The van der Waals surface area contributed by atoms with Crippen LogP contribution in [0.2, 0.25) is 0 Å². The number of piperidine rings is 2. The summed E-state index contributed by atoms with van der Waals surface area (Å²) in [7, 11) is 5.77. The van der Waals surface area contributed by atoms with Gasteiger partial charge in [0.05, 0.1) is 7.11 Å². The van der Waals surface area contributed by atoms with E-state index in [4.69, 9.17) is 14.2 Å². The topological polar surface area (TPSA) is 68.3 Å². The number of hydrogen-bond acceptors (Lipinski definition) is 7. The van der Waals surface area contributed by atoms with Crippen molar-refractivity contribution in [3.63, 3.8) is 0 Å². The Morgan fingerprint density at radius 1 is 0.737 bits per heavy atom. The van der Waals surface area contributed by atoms with E-state index < -0.39 is 11.9 Å². The fraction of sp³-hybridized carbons (Fsp3) is 0.677. The first-order valence-electron chi connectivity index (χ1n) is 13.6. The van der Waals surface area contributed by atoms with Gasteiger partial charge < -0.3 is 14.2 Å². The lowest BCUT2D eigenvalue weighted by Gasteiger charge is -2.53. The predicted molar refractivity (Wildman–Crippen MR) is 151 cm³/mol. The Hall–Kier alpha value is -2.38. The molecule has 0 radical (unpaired) electrons. The molecule has 0 aliphatic carbocycles. The normalized spacial score (nSPS) is 23.3. The molecule has 0 aromatic heterocycles. The van der Waals surface area contributed by atoms with E-state index in [1.54, 1.807) is 19.3 Å². The molecule has 2 aliphatic heterocycles. The lowest BCUT2D eigenvalue weighted by atomic mass is 9.78. The molecular formula is C31H48N2O5. The van der Waals surface area contributed by atoms with Gasteiger partial charge in [-0.25, -0.2) is 9.59 Å². The molecule has 2 saturated heterocycles. The van der Waals surface area contributed by atoms with Crippen LogP contribution in [0.1, 0.15) is 86.6 Å². The maximum absolute atomic E-state index is 13.7. The summed E-state index contributed by atoms with van der Waals surface area (Å²) in [6.45, 7) is 17.2. The summed E-state index contributed by atoms with van der Waals surface area (Å²) in [6.07, 6.45) is 3.59. The third-order valence-corrected chi connectivity index (χ3v) is 8.97. The summed E-state index contributed by atoms with van der Waals surface area (Å²) in [5.74, 6) is -0.754. The Labute approximate surface area is 229 Å². The second-order valence-electron chi connectivity index (χ2n) is 13.5. The molecule has 0 unspecified atom stereocenters. The number of ether oxygens (including phenoxy) is 3. The van der Waals surface area contributed by atoms with E-state index in [1.165, 1.54) is 0 Å². The molecule has 0 spiro atoms. The second kappa shape index (κ2) is 10.6. The van der Waals surface area contributed by atoms with Gasteiger partial charge >= 0.3 is 11.9 Å². The summed E-state index contributed by atoms with van der Waals surface area (Å²) in [4.78, 5) is 32.0. The van der Waals surface area contributed by atoms with E-state index in [-0.39, 0.29) is 39.9 Å². The first kappa shape index (κ1) is 30.2. The van der Waals surface area contributed by atoms with E-state index in [1.807, 2.05) is 18.2 Å². The number of methoxy groups -OCH3 is 1. The number of benzene rings is 1. The number of likely N-dealkylation sites (tertiary alicyclic amines) is 2. The van der Waals surface area contributed by atoms with Crippen molar-refractivity contribution < 1.29 is 23.8 Å². The van der Waals surface area contributed by atoms with Gasteiger partial charge in [-0.1, -0.05) is 18.2 Å². The zero-order chi connectivity index (χ0) is 28.7. The van der Waals surface area contributed by atoms with Gasteiger partial charge in [0, 0.05) is 53.4 Å². The number of nitrogens with zero attached hydrogens (tertiary/aromatic N) is 2. The van der Waals surface area contributed by atoms with E-state index >= 15 is 0 Å². The van der Waals surface area contributed by atoms with Crippen LogP contribution in [-0.2, 0) is 19.1 Å². The van der Waals surface area contributed by atoms with E-state index in [9.17, 15) is 9.59 Å². The third kappa shape index (κ3) is 6.42. The maximum atomic E-state index is 13.7. The average Bonchev–Trinajstić information content (AvgIpc) is 2.78. The number of esters is 2. The van der Waals surface area contributed by atoms with Crippen LogP contribution in [0.25, 0.3) is 6.08 Å². The molecule has 1 aromatic carbocycles. The van der Waals surface area contributed by atoms with Crippen molar-refractivity contribution >= 4 is 18.0 Å². The number of carbonyl (C=O) groups excluding carboxylic acids is 2. The fourth-order valence-electron chi connectivity index (χ4n) is 6.30. The summed E-state index contributed by atoms with van der Waals surface area (Å²) in [5.41, 5.74) is -0.142. The lowest BCUT2D eigenvalue weighted by Crippen LogP contribution is -2.60. The van der Waals surface area contributed by atoms with Crippen molar-refractivity contribution in [3.05, 3.63) is 35.4 Å². The monoisotopic (exact) mass is 528 g/mol. The average molecular weight is 529 g/mol. The first-order chi connectivity index (χ1) is 17.4. The van der Waals surface area contributed by atoms with Gasteiger partial charge in [0.1, 0.15) is 23.5 Å². The van der Waals surface area contributed by atoms with E-state index in [0.717, 1.165) is 0 Å². The molecule has 0 saturated carbocycles. The van der Waals surface area contributed by atoms with E-state index in [0.29, 0.717) is 37.0 Å². The standard InChI is InChI=1S/C31H48N2O5/c1-28(2)17-22(18-29(3,4)32(28)9)37-26(34)24(16-21-14-12-13-15-25(21)36-11)27(35)38-23-19-30(5,6)33(10)31(7,8)20-23/h12-16,22-23H,17-20H2,1-11H3. The van der Waals surface area contributed by atoms with Gasteiger partial charge in [-0.15, -0.1) is 0 Å². The highest BCUT2D eigenvalue weighted by atomic mass is 16.6. The lowest BCUT2D eigenvalue weighted by molar-refractivity contribution is -0.162. The smallest absolute Gasteiger partial charge is 0.345 e. The predicted octanol–water partition coefficient (Wildman–Crippen LogP) is 5.47. The van der Waals surface area contributed by atoms with Crippen molar-refractivity contribution in [1.29, 1.82) is 0 Å². The molecule has 7 nitrogen and oxygen atoms in total. The van der Waals surface area contributed by atoms with Crippen LogP contribution in [0.5, 0.6) is 5.75 Å². The second-order valence-corrected chi connectivity index (χ2v) is 13.5. The Balaban J connectivity index is 1.91. The molecule has 0 N–H and O–H groups in total. The minimum atomic E-state index is -0.659. The van der Waals surface area contributed by atoms with Crippen LogP contribution in [0, 0.1) is 0 Å². The molecule has 1 aromatic rings. The zero-order valence-electron chi connectivity index (χ0n) is 25.3. The minimum absolute atomic E-state index is 0.112. The van der Waals surface area contributed by atoms with Crippen LogP contribution in [0.15, 0.2) is 29.8 Å². The SMILES string of the molecule is COc1ccccc1C=C(C(=O)OC1CC(C)(C)N(C)C(C)(C)C1)C(=O)OC1CC(C)(C)N(C)C(C)(C)C1. The van der Waals surface area contributed by atoms with Crippen molar-refractivity contribution in [2.24, 2.45) is 0 Å². The van der Waals surface area contributed by atoms with Crippen LogP contribution < -0.4 is 4.74 Å². The number of para-hydroxylation sites is 1. The van der Waals surface area contributed by atoms with Crippen molar-refractivity contribution in [2.75, 3.05) is 21.2 Å². The molecule has 2 aliphatic rings. The van der Waals surface area contributed by atoms with Gasteiger partial charge in [0.2, 0.25) is 0 Å². The minimum Gasteiger partial charge on any atom is -0.496 e. The highest BCUT2D eigenvalue weighted by molar-refractivity contribution is 6.18. The van der Waals surface area contributed by atoms with Gasteiger partial charge in [-0.2, -0.15) is 0 Å². The summed E-state index contributed by atoms with van der Waals surface area (Å²) in [6, 6.07) is 7.29. The molecule has 2 fully saturated rings. The Bertz CT molecular complexity index is 978. The molecule has 38 heavy (non-hydrogen) atoms. The van der Waals surface area contributed by atoms with Crippen molar-refractivity contribution in [1.82, 2.24) is 9.80 Å². The van der Waals surface area contributed by atoms with Crippen LogP contribution in [0.3, 0.4) is 0 Å². The highest BCUT2D eigenvalue weighted by Gasteiger charge is 2.46. The zero-order valence-corrected chi connectivity index (χ0v) is 25.3. The van der Waals surface area contributed by atoms with Crippen LogP contribution >= 0.6 is 0 Å². The quantitative estimate of drug-likeness (QED) is 0.210. The van der Waals surface area contributed by atoms with Gasteiger partial charge in [0.25, 0.3) is 0 Å². The third-order valence-electron chi connectivity index (χ3n) is 8.97. The van der Waals surface area contributed by atoms with Gasteiger partial charge in [-0.3, -0.25) is 9.80 Å². The summed E-state index contributed by atoms with van der Waals surface area (Å²) in [5, 5.41) is 0. The Morgan fingerprint density at radius 2 is 1.11 bits per heavy atom. The summed E-state index contributed by atoms with van der Waals surface area (Å²) < 4.78 is 17.6. The Morgan fingerprint density at radius 3 is 1.47 bits per heavy atom. The highest BCUT2D eigenvalue weighted by Crippen LogP contribution is 2.40. The molecule has 0 atom stereocenters.